The Morgan fingerprint density at radius 2 is 1.90 bits per heavy atom. The van der Waals surface area contributed by atoms with Crippen molar-refractivity contribution >= 4 is 23.2 Å². The van der Waals surface area contributed by atoms with Crippen LogP contribution in [0.4, 0.5) is 0 Å². The predicted octanol–water partition coefficient (Wildman–Crippen LogP) is 2.60. The van der Waals surface area contributed by atoms with Crippen molar-refractivity contribution in [3.05, 3.63) is 38.2 Å². The number of rotatable bonds is 4. The lowest BCUT2D eigenvalue weighted by molar-refractivity contribution is 0.0701. The van der Waals surface area contributed by atoms with Gasteiger partial charge in [0, 0.05) is 5.56 Å². The van der Waals surface area contributed by atoms with Crippen molar-refractivity contribution in [3.63, 3.8) is 0 Å². The maximum absolute atomic E-state index is 12.2. The van der Waals surface area contributed by atoms with Gasteiger partial charge in [0.05, 0.1) is 17.8 Å². The van der Waals surface area contributed by atoms with Gasteiger partial charge in [-0.25, -0.2) is 9.78 Å². The van der Waals surface area contributed by atoms with Crippen molar-refractivity contribution in [2.24, 2.45) is 0 Å². The minimum absolute atomic E-state index is 0.195. The lowest BCUT2D eigenvalue weighted by Crippen LogP contribution is -2.23. The Labute approximate surface area is 125 Å². The second-order valence-electron chi connectivity index (χ2n) is 4.72. The third kappa shape index (κ3) is 2.97. The van der Waals surface area contributed by atoms with E-state index in [9.17, 15) is 9.59 Å². The quantitative estimate of drug-likeness (QED) is 0.905. The topological polar surface area (TPSA) is 92.4 Å². The van der Waals surface area contributed by atoms with Crippen LogP contribution in [0, 0.1) is 27.7 Å². The average Bonchev–Trinajstić information content (AvgIpc) is 2.88. The van der Waals surface area contributed by atoms with Gasteiger partial charge in [-0.15, -0.1) is 11.3 Å². The molecule has 112 valence electrons. The number of hydrogen-bond donors (Lipinski definition) is 2. The van der Waals surface area contributed by atoms with Gasteiger partial charge in [0.25, 0.3) is 5.91 Å². The van der Waals surface area contributed by atoms with Gasteiger partial charge in [0.1, 0.15) is 21.4 Å². The van der Waals surface area contributed by atoms with Gasteiger partial charge in [0.15, 0.2) is 0 Å². The van der Waals surface area contributed by atoms with Crippen LogP contribution in [0.3, 0.4) is 0 Å². The molecule has 2 rings (SSSR count). The Hall–Kier alpha value is -2.15. The minimum atomic E-state index is -1.00. The summed E-state index contributed by atoms with van der Waals surface area (Å²) in [5.74, 6) is 0.0475. The molecule has 21 heavy (non-hydrogen) atoms. The molecule has 2 heterocycles. The van der Waals surface area contributed by atoms with Gasteiger partial charge in [-0.3, -0.25) is 4.79 Å². The molecule has 2 N–H and O–H groups in total. The molecule has 0 aliphatic heterocycles. The van der Waals surface area contributed by atoms with E-state index in [-0.39, 0.29) is 17.3 Å². The van der Waals surface area contributed by atoms with E-state index in [0.29, 0.717) is 22.0 Å². The summed E-state index contributed by atoms with van der Waals surface area (Å²) in [7, 11) is 0. The summed E-state index contributed by atoms with van der Waals surface area (Å²) in [6.07, 6.45) is 0. The van der Waals surface area contributed by atoms with Crippen LogP contribution >= 0.6 is 11.3 Å². The molecule has 1 amide bonds. The summed E-state index contributed by atoms with van der Waals surface area (Å²) >= 11 is 1.07. The normalized spacial score (nSPS) is 10.7. The zero-order valence-corrected chi connectivity index (χ0v) is 13.1. The number of nitrogens with zero attached hydrogens (tertiary/aromatic N) is 1. The third-order valence-corrected chi connectivity index (χ3v) is 4.37. The van der Waals surface area contributed by atoms with Crippen molar-refractivity contribution in [1.29, 1.82) is 0 Å². The highest BCUT2D eigenvalue weighted by molar-refractivity contribution is 7.13. The van der Waals surface area contributed by atoms with Crippen LogP contribution in [-0.2, 0) is 6.54 Å². The molecule has 2 aromatic heterocycles. The number of amides is 1. The van der Waals surface area contributed by atoms with E-state index >= 15 is 0 Å². The maximum atomic E-state index is 12.2. The Kier molecular flexibility index (Phi) is 4.13. The van der Waals surface area contributed by atoms with Crippen molar-refractivity contribution in [3.8, 4) is 0 Å². The molecule has 0 saturated carbocycles. The first-order valence-corrected chi connectivity index (χ1v) is 7.17. The summed E-state index contributed by atoms with van der Waals surface area (Å²) in [5.41, 5.74) is 1.80. The average molecular weight is 308 g/mol. The van der Waals surface area contributed by atoms with Crippen molar-refractivity contribution in [2.45, 2.75) is 34.2 Å². The zero-order chi connectivity index (χ0) is 15.7. The molecule has 2 aromatic rings. The fourth-order valence-electron chi connectivity index (χ4n) is 2.10. The molecule has 7 heteroatoms. The monoisotopic (exact) mass is 308 g/mol. The summed E-state index contributed by atoms with van der Waals surface area (Å²) < 4.78 is 5.42. The molecule has 0 radical (unpaired) electrons. The number of hydrogen-bond acceptors (Lipinski definition) is 5. The number of carbonyl (C=O) groups is 2. The number of aromatic nitrogens is 1. The Morgan fingerprint density at radius 1 is 1.24 bits per heavy atom. The van der Waals surface area contributed by atoms with Gasteiger partial charge in [0.2, 0.25) is 0 Å². The lowest BCUT2D eigenvalue weighted by atomic mass is 10.1. The standard InChI is InChI=1S/C14H16N2O4S/c1-6-8(3)20-9(4)11(6)13(17)15-5-10-16-7(2)12(21-10)14(18)19/h5H2,1-4H3,(H,15,17)(H,18,19). The Morgan fingerprint density at radius 3 is 2.38 bits per heavy atom. The largest absolute Gasteiger partial charge is 0.477 e. The number of aromatic carboxylic acids is 1. The SMILES string of the molecule is Cc1nc(CNC(=O)c2c(C)oc(C)c2C)sc1C(=O)O. The smallest absolute Gasteiger partial charge is 0.347 e. The Bertz CT molecular complexity index is 715. The third-order valence-electron chi connectivity index (χ3n) is 3.22. The van der Waals surface area contributed by atoms with Crippen LogP contribution in [0.25, 0.3) is 0 Å². The molecule has 0 saturated heterocycles. The number of furan rings is 1. The summed E-state index contributed by atoms with van der Waals surface area (Å²) in [6.45, 7) is 7.21. The van der Waals surface area contributed by atoms with E-state index in [1.165, 1.54) is 0 Å². The van der Waals surface area contributed by atoms with Crippen molar-refractivity contribution in [2.75, 3.05) is 0 Å². The number of aryl methyl sites for hydroxylation is 3. The first-order chi connectivity index (χ1) is 9.81. The number of carboxylic acid groups (broad SMARTS) is 1. The molecule has 0 unspecified atom stereocenters. The zero-order valence-electron chi connectivity index (χ0n) is 12.2. The number of carboxylic acids is 1. The van der Waals surface area contributed by atoms with Gasteiger partial charge >= 0.3 is 5.97 Å². The minimum Gasteiger partial charge on any atom is -0.477 e. The van der Waals surface area contributed by atoms with E-state index in [2.05, 4.69) is 10.3 Å². The molecule has 0 fully saturated rings. The molecule has 0 bridgehead atoms. The van der Waals surface area contributed by atoms with Crippen LogP contribution in [0.5, 0.6) is 0 Å². The van der Waals surface area contributed by atoms with Crippen LogP contribution in [0.2, 0.25) is 0 Å². The van der Waals surface area contributed by atoms with E-state index < -0.39 is 5.97 Å². The fourth-order valence-corrected chi connectivity index (χ4v) is 2.94. The molecule has 0 aliphatic carbocycles. The number of carbonyl (C=O) groups excluding carboxylic acids is 1. The van der Waals surface area contributed by atoms with E-state index in [0.717, 1.165) is 22.7 Å². The van der Waals surface area contributed by atoms with Crippen LogP contribution in [0.15, 0.2) is 4.42 Å². The van der Waals surface area contributed by atoms with Gasteiger partial charge in [-0.2, -0.15) is 0 Å². The predicted molar refractivity (Wildman–Crippen MR) is 77.9 cm³/mol. The fraction of sp³-hybridized carbons (Fsp3) is 0.357. The second kappa shape index (κ2) is 5.69. The first-order valence-electron chi connectivity index (χ1n) is 6.35. The van der Waals surface area contributed by atoms with Crippen LogP contribution < -0.4 is 5.32 Å². The van der Waals surface area contributed by atoms with Gasteiger partial charge in [-0.05, 0) is 27.7 Å². The van der Waals surface area contributed by atoms with Crippen LogP contribution in [-0.4, -0.2) is 22.0 Å². The summed E-state index contributed by atoms with van der Waals surface area (Å²) in [4.78, 5) is 27.5. The maximum Gasteiger partial charge on any atom is 0.347 e. The first kappa shape index (κ1) is 15.2. The van der Waals surface area contributed by atoms with Crippen molar-refractivity contribution in [1.82, 2.24) is 10.3 Å². The van der Waals surface area contributed by atoms with E-state index in [4.69, 9.17) is 9.52 Å². The molecule has 0 spiro atoms. The number of nitrogens with one attached hydrogen (secondary N) is 1. The molecular weight excluding hydrogens is 292 g/mol. The molecule has 0 aromatic carbocycles. The Balaban J connectivity index is 2.11. The number of thiazole rings is 1. The van der Waals surface area contributed by atoms with Gasteiger partial charge < -0.3 is 14.8 Å². The summed E-state index contributed by atoms with van der Waals surface area (Å²) in [6, 6.07) is 0. The molecule has 6 nitrogen and oxygen atoms in total. The highest BCUT2D eigenvalue weighted by Gasteiger charge is 2.19. The van der Waals surface area contributed by atoms with E-state index in [1.54, 1.807) is 13.8 Å². The highest BCUT2D eigenvalue weighted by atomic mass is 32.1. The van der Waals surface area contributed by atoms with Crippen molar-refractivity contribution < 1.29 is 19.1 Å². The second-order valence-corrected chi connectivity index (χ2v) is 5.81. The molecular formula is C14H16N2O4S. The summed E-state index contributed by atoms with van der Waals surface area (Å²) in [5, 5.41) is 12.3. The molecule has 0 atom stereocenters. The highest BCUT2D eigenvalue weighted by Crippen LogP contribution is 2.21. The van der Waals surface area contributed by atoms with Crippen LogP contribution in [0.1, 0.15) is 47.8 Å². The lowest BCUT2D eigenvalue weighted by Gasteiger charge is -2.03. The van der Waals surface area contributed by atoms with Gasteiger partial charge in [-0.1, -0.05) is 0 Å². The molecule has 0 aliphatic rings. The van der Waals surface area contributed by atoms with E-state index in [1.807, 2.05) is 13.8 Å².